The number of aliphatic hydroxyl groups is 1. The Labute approximate surface area is 135 Å². The highest BCUT2D eigenvalue weighted by Crippen LogP contribution is 2.27. The summed E-state index contributed by atoms with van der Waals surface area (Å²) in [7, 11) is 1.63. The van der Waals surface area contributed by atoms with Crippen LogP contribution < -0.4 is 4.74 Å². The zero-order valence-corrected chi connectivity index (χ0v) is 13.4. The summed E-state index contributed by atoms with van der Waals surface area (Å²) in [5, 5.41) is 11.1. The van der Waals surface area contributed by atoms with Gasteiger partial charge in [0.15, 0.2) is 0 Å². The Balaban J connectivity index is 2.16. The quantitative estimate of drug-likeness (QED) is 0.853. The molecule has 0 radical (unpaired) electrons. The lowest BCUT2D eigenvalue weighted by Crippen LogP contribution is -2.14. The Morgan fingerprint density at radius 2 is 1.76 bits per heavy atom. The largest absolute Gasteiger partial charge is 0.496 e. The van der Waals surface area contributed by atoms with E-state index < -0.39 is 0 Å². The summed E-state index contributed by atoms with van der Waals surface area (Å²) in [6, 6.07) is 13.2. The molecule has 0 aliphatic rings. The number of rotatable bonds is 6. The highest BCUT2D eigenvalue weighted by molar-refractivity contribution is 6.31. The fourth-order valence-electron chi connectivity index (χ4n) is 2.39. The molecule has 4 heteroatoms. The molecule has 1 N–H and O–H groups in total. The van der Waals surface area contributed by atoms with Gasteiger partial charge in [-0.3, -0.25) is 0 Å². The van der Waals surface area contributed by atoms with Crippen LogP contribution in [0.25, 0.3) is 0 Å². The minimum Gasteiger partial charge on any atom is -0.496 e. The van der Waals surface area contributed by atoms with E-state index in [9.17, 15) is 5.11 Å². The molecule has 2 rings (SSSR count). The van der Waals surface area contributed by atoms with Crippen molar-refractivity contribution >= 4 is 23.2 Å². The second kappa shape index (κ2) is 7.69. The maximum atomic E-state index is 9.66. The monoisotopic (exact) mass is 324 g/mol. The fourth-order valence-corrected chi connectivity index (χ4v) is 2.80. The fraction of sp³-hybridized carbons (Fsp3) is 0.294. The third kappa shape index (κ3) is 4.37. The molecule has 21 heavy (non-hydrogen) atoms. The molecule has 0 saturated heterocycles. The molecule has 1 atom stereocenters. The van der Waals surface area contributed by atoms with E-state index in [1.165, 1.54) is 0 Å². The predicted molar refractivity (Wildman–Crippen MR) is 87.4 cm³/mol. The van der Waals surface area contributed by atoms with Gasteiger partial charge < -0.3 is 9.84 Å². The van der Waals surface area contributed by atoms with Crippen molar-refractivity contribution in [3.8, 4) is 5.75 Å². The third-order valence-electron chi connectivity index (χ3n) is 3.48. The van der Waals surface area contributed by atoms with Crippen LogP contribution in [0.1, 0.15) is 11.1 Å². The van der Waals surface area contributed by atoms with Gasteiger partial charge in [0.05, 0.1) is 7.11 Å². The van der Waals surface area contributed by atoms with E-state index >= 15 is 0 Å². The summed E-state index contributed by atoms with van der Waals surface area (Å²) < 4.78 is 5.35. The van der Waals surface area contributed by atoms with E-state index in [0.717, 1.165) is 21.9 Å². The molecule has 0 saturated carbocycles. The number of ether oxygens (including phenoxy) is 1. The molecule has 0 amide bonds. The highest BCUT2D eigenvalue weighted by atomic mass is 35.5. The highest BCUT2D eigenvalue weighted by Gasteiger charge is 2.14. The van der Waals surface area contributed by atoms with Crippen molar-refractivity contribution in [2.45, 2.75) is 12.8 Å². The van der Waals surface area contributed by atoms with Gasteiger partial charge in [-0.1, -0.05) is 41.4 Å². The smallest absolute Gasteiger partial charge is 0.122 e. The normalized spacial score (nSPS) is 12.2. The molecule has 0 heterocycles. The zero-order chi connectivity index (χ0) is 15.2. The van der Waals surface area contributed by atoms with Crippen LogP contribution in [0.2, 0.25) is 10.0 Å². The van der Waals surface area contributed by atoms with Gasteiger partial charge >= 0.3 is 0 Å². The van der Waals surface area contributed by atoms with Crippen molar-refractivity contribution in [3.05, 3.63) is 63.6 Å². The van der Waals surface area contributed by atoms with Gasteiger partial charge in [-0.25, -0.2) is 0 Å². The van der Waals surface area contributed by atoms with Gasteiger partial charge in [0, 0.05) is 16.7 Å². The summed E-state index contributed by atoms with van der Waals surface area (Å²) >= 11 is 12.2. The molecule has 0 bridgehead atoms. The lowest BCUT2D eigenvalue weighted by molar-refractivity contribution is 0.224. The summed E-state index contributed by atoms with van der Waals surface area (Å²) in [4.78, 5) is 0. The summed E-state index contributed by atoms with van der Waals surface area (Å²) in [6.07, 6.45) is 1.40. The van der Waals surface area contributed by atoms with Gasteiger partial charge in [0.2, 0.25) is 0 Å². The number of aliphatic hydroxyl groups excluding tert-OH is 1. The Hall–Kier alpha value is -1.22. The second-order valence-electron chi connectivity index (χ2n) is 5.00. The minimum atomic E-state index is 0.0669. The molecule has 0 aliphatic heterocycles. The topological polar surface area (TPSA) is 29.5 Å². The molecule has 2 nitrogen and oxygen atoms in total. The lowest BCUT2D eigenvalue weighted by Gasteiger charge is -2.17. The molecule has 0 fully saturated rings. The van der Waals surface area contributed by atoms with Crippen molar-refractivity contribution in [2.75, 3.05) is 13.7 Å². The Morgan fingerprint density at radius 1 is 1.05 bits per heavy atom. The van der Waals surface area contributed by atoms with Crippen LogP contribution in [-0.2, 0) is 12.8 Å². The molecule has 2 aromatic rings. The number of halogens is 2. The van der Waals surface area contributed by atoms with E-state index in [0.29, 0.717) is 17.9 Å². The van der Waals surface area contributed by atoms with Crippen LogP contribution in [-0.4, -0.2) is 18.8 Å². The van der Waals surface area contributed by atoms with Gasteiger partial charge in [0.1, 0.15) is 5.75 Å². The number of hydrogen-bond donors (Lipinski definition) is 1. The van der Waals surface area contributed by atoms with Crippen molar-refractivity contribution in [3.63, 3.8) is 0 Å². The summed E-state index contributed by atoms with van der Waals surface area (Å²) in [5.41, 5.74) is 2.04. The van der Waals surface area contributed by atoms with E-state index in [4.69, 9.17) is 27.9 Å². The molecular formula is C17H18Cl2O2. The van der Waals surface area contributed by atoms with Gasteiger partial charge in [-0.05, 0) is 54.2 Å². The molecule has 1 unspecified atom stereocenters. The SMILES string of the molecule is COc1ccc(Cl)cc1CC(CO)Cc1ccccc1Cl. The zero-order valence-electron chi connectivity index (χ0n) is 11.9. The number of methoxy groups -OCH3 is 1. The minimum absolute atomic E-state index is 0.0669. The first-order chi connectivity index (χ1) is 10.1. The van der Waals surface area contributed by atoms with E-state index in [1.807, 2.05) is 36.4 Å². The van der Waals surface area contributed by atoms with Crippen LogP contribution in [0.4, 0.5) is 0 Å². The van der Waals surface area contributed by atoms with Crippen LogP contribution in [0.15, 0.2) is 42.5 Å². The molecule has 0 aliphatic carbocycles. The third-order valence-corrected chi connectivity index (χ3v) is 4.08. The average Bonchev–Trinajstić information content (AvgIpc) is 2.49. The van der Waals surface area contributed by atoms with Crippen LogP contribution >= 0.6 is 23.2 Å². The van der Waals surface area contributed by atoms with E-state index in [2.05, 4.69) is 0 Å². The Morgan fingerprint density at radius 3 is 2.43 bits per heavy atom. The standard InChI is InChI=1S/C17H18Cl2O2/c1-21-17-7-6-15(18)10-14(17)9-12(11-20)8-13-4-2-3-5-16(13)19/h2-7,10,12,20H,8-9,11H2,1H3. The number of hydrogen-bond acceptors (Lipinski definition) is 2. The molecule has 0 spiro atoms. The maximum absolute atomic E-state index is 9.66. The first-order valence-electron chi connectivity index (χ1n) is 6.80. The van der Waals surface area contributed by atoms with Gasteiger partial charge in [0.25, 0.3) is 0 Å². The second-order valence-corrected chi connectivity index (χ2v) is 5.85. The first kappa shape index (κ1) is 16.2. The van der Waals surface area contributed by atoms with Crippen molar-refractivity contribution < 1.29 is 9.84 Å². The van der Waals surface area contributed by atoms with Crippen LogP contribution in [0.3, 0.4) is 0 Å². The summed E-state index contributed by atoms with van der Waals surface area (Å²) in [5.74, 6) is 0.856. The molecule has 2 aromatic carbocycles. The van der Waals surface area contributed by atoms with Crippen molar-refractivity contribution in [1.29, 1.82) is 0 Å². The van der Waals surface area contributed by atoms with Crippen molar-refractivity contribution in [2.24, 2.45) is 5.92 Å². The Kier molecular flexibility index (Phi) is 5.92. The summed E-state index contributed by atoms with van der Waals surface area (Å²) in [6.45, 7) is 0.0842. The molecule has 112 valence electrons. The van der Waals surface area contributed by atoms with Crippen LogP contribution in [0, 0.1) is 5.92 Å². The van der Waals surface area contributed by atoms with E-state index in [-0.39, 0.29) is 12.5 Å². The maximum Gasteiger partial charge on any atom is 0.122 e. The van der Waals surface area contributed by atoms with E-state index in [1.54, 1.807) is 13.2 Å². The number of benzene rings is 2. The van der Waals surface area contributed by atoms with Gasteiger partial charge in [-0.2, -0.15) is 0 Å². The average molecular weight is 325 g/mol. The molecular weight excluding hydrogens is 307 g/mol. The van der Waals surface area contributed by atoms with Crippen molar-refractivity contribution in [1.82, 2.24) is 0 Å². The van der Waals surface area contributed by atoms with Gasteiger partial charge in [-0.15, -0.1) is 0 Å². The predicted octanol–water partition coefficient (Wildman–Crippen LogP) is 4.40. The van der Waals surface area contributed by atoms with Crippen LogP contribution in [0.5, 0.6) is 5.75 Å². The first-order valence-corrected chi connectivity index (χ1v) is 7.56. The molecule has 0 aromatic heterocycles. The Bertz CT molecular complexity index is 599. The lowest BCUT2D eigenvalue weighted by atomic mass is 9.93.